The van der Waals surface area contributed by atoms with Gasteiger partial charge in [-0.25, -0.2) is 12.8 Å². The van der Waals surface area contributed by atoms with Crippen molar-refractivity contribution in [3.05, 3.63) is 29.1 Å². The van der Waals surface area contributed by atoms with E-state index in [1.54, 1.807) is 0 Å². The van der Waals surface area contributed by atoms with Crippen LogP contribution in [0.5, 0.6) is 0 Å². The number of ether oxygens (including phenoxy) is 1. The molecule has 0 spiro atoms. The summed E-state index contributed by atoms with van der Waals surface area (Å²) in [6.07, 6.45) is 0.639. The quantitative estimate of drug-likeness (QED) is 0.858. The fraction of sp³-hybridized carbons (Fsp3) is 0.417. The second-order valence-corrected chi connectivity index (χ2v) is 7.10. The molecule has 1 atom stereocenters. The molecule has 0 bridgehead atoms. The minimum absolute atomic E-state index is 0.151. The molecule has 8 heteroatoms. The average Bonchev–Trinajstić information content (AvgIpc) is 2.79. The summed E-state index contributed by atoms with van der Waals surface area (Å²) in [6.45, 7) is 2.30. The van der Waals surface area contributed by atoms with Crippen molar-refractivity contribution in [2.45, 2.75) is 24.3 Å². The number of hydrogen-bond donors (Lipinski definition) is 1. The molecule has 2 rings (SSSR count). The Morgan fingerprint density at radius 2 is 2.20 bits per heavy atom. The predicted molar refractivity (Wildman–Crippen MR) is 70.9 cm³/mol. The Labute approximate surface area is 120 Å². The van der Waals surface area contributed by atoms with Crippen LogP contribution in [0.3, 0.4) is 0 Å². The SMILES string of the molecule is Cc1cc(F)c(C(=O)NC2CCOC2)cc1S(=O)(=O)Cl. The van der Waals surface area contributed by atoms with Gasteiger partial charge in [-0.3, -0.25) is 4.79 Å². The number of benzene rings is 1. The summed E-state index contributed by atoms with van der Waals surface area (Å²) < 4.78 is 41.7. The smallest absolute Gasteiger partial charge is 0.261 e. The van der Waals surface area contributed by atoms with Gasteiger partial charge in [-0.1, -0.05) is 0 Å². The Kier molecular flexibility index (Phi) is 4.31. The van der Waals surface area contributed by atoms with Gasteiger partial charge in [0.25, 0.3) is 15.0 Å². The molecule has 0 radical (unpaired) electrons. The Balaban J connectivity index is 2.33. The van der Waals surface area contributed by atoms with Gasteiger partial charge in [-0.05, 0) is 31.0 Å². The molecular formula is C12H13ClFNO4S. The standard InChI is InChI=1S/C12H13ClFNO4S/c1-7-4-10(14)9(5-11(7)20(13,17)18)12(16)15-8-2-3-19-6-8/h4-5,8H,2-3,6H2,1H3,(H,15,16). The van der Waals surface area contributed by atoms with E-state index >= 15 is 0 Å². The lowest BCUT2D eigenvalue weighted by molar-refractivity contribution is 0.0925. The van der Waals surface area contributed by atoms with Gasteiger partial charge in [0, 0.05) is 17.3 Å². The first-order valence-corrected chi connectivity index (χ1v) is 8.23. The number of amides is 1. The molecule has 0 aliphatic carbocycles. The fourth-order valence-corrected chi connectivity index (χ4v) is 3.20. The highest BCUT2D eigenvalue weighted by molar-refractivity contribution is 8.13. The Morgan fingerprint density at radius 3 is 2.75 bits per heavy atom. The number of aryl methyl sites for hydroxylation is 1. The third kappa shape index (κ3) is 3.28. The second-order valence-electron chi connectivity index (χ2n) is 4.57. The van der Waals surface area contributed by atoms with Crippen molar-refractivity contribution in [1.82, 2.24) is 5.32 Å². The first-order chi connectivity index (χ1) is 9.29. The van der Waals surface area contributed by atoms with Crippen molar-refractivity contribution in [2.24, 2.45) is 0 Å². The summed E-state index contributed by atoms with van der Waals surface area (Å²) >= 11 is 0. The van der Waals surface area contributed by atoms with Crippen LogP contribution >= 0.6 is 10.7 Å². The van der Waals surface area contributed by atoms with Crippen LogP contribution in [0.1, 0.15) is 22.3 Å². The predicted octanol–water partition coefficient (Wildman–Crippen LogP) is 1.58. The van der Waals surface area contributed by atoms with Crippen LogP contribution in [0, 0.1) is 12.7 Å². The van der Waals surface area contributed by atoms with Gasteiger partial charge >= 0.3 is 0 Å². The van der Waals surface area contributed by atoms with E-state index in [1.807, 2.05) is 0 Å². The summed E-state index contributed by atoms with van der Waals surface area (Å²) in [5.74, 6) is -1.47. The first kappa shape index (κ1) is 15.2. The fourth-order valence-electron chi connectivity index (χ4n) is 2.00. The maximum Gasteiger partial charge on any atom is 0.261 e. The highest BCUT2D eigenvalue weighted by atomic mass is 35.7. The molecule has 1 unspecified atom stereocenters. The average molecular weight is 322 g/mol. The molecule has 1 aliphatic heterocycles. The highest BCUT2D eigenvalue weighted by Gasteiger charge is 2.23. The van der Waals surface area contributed by atoms with Crippen LogP contribution in [0.2, 0.25) is 0 Å². The van der Waals surface area contributed by atoms with Crippen LogP contribution in [0.25, 0.3) is 0 Å². The van der Waals surface area contributed by atoms with Crippen molar-refractivity contribution in [3.8, 4) is 0 Å². The zero-order chi connectivity index (χ0) is 14.9. The molecule has 0 saturated carbocycles. The monoisotopic (exact) mass is 321 g/mol. The minimum Gasteiger partial charge on any atom is -0.379 e. The summed E-state index contributed by atoms with van der Waals surface area (Å²) in [5, 5.41) is 2.59. The van der Waals surface area contributed by atoms with E-state index in [4.69, 9.17) is 15.4 Å². The third-order valence-corrected chi connectivity index (χ3v) is 4.50. The van der Waals surface area contributed by atoms with E-state index in [-0.39, 0.29) is 22.1 Å². The molecule has 1 aliphatic rings. The van der Waals surface area contributed by atoms with Crippen LogP contribution in [-0.2, 0) is 13.8 Å². The molecule has 1 saturated heterocycles. The molecule has 1 amide bonds. The molecule has 5 nitrogen and oxygen atoms in total. The van der Waals surface area contributed by atoms with Crippen LogP contribution < -0.4 is 5.32 Å². The summed E-state index contributed by atoms with van der Waals surface area (Å²) in [7, 11) is 1.23. The molecule has 20 heavy (non-hydrogen) atoms. The number of carbonyl (C=O) groups is 1. The van der Waals surface area contributed by atoms with E-state index in [9.17, 15) is 17.6 Å². The zero-order valence-corrected chi connectivity index (χ0v) is 12.2. The van der Waals surface area contributed by atoms with Crippen molar-refractivity contribution >= 4 is 25.6 Å². The van der Waals surface area contributed by atoms with Crippen molar-refractivity contribution in [2.75, 3.05) is 13.2 Å². The van der Waals surface area contributed by atoms with Crippen molar-refractivity contribution in [1.29, 1.82) is 0 Å². The normalized spacial score (nSPS) is 19.1. The second kappa shape index (κ2) is 5.67. The summed E-state index contributed by atoms with van der Waals surface area (Å²) in [6, 6.07) is 1.74. The van der Waals surface area contributed by atoms with E-state index < -0.39 is 20.8 Å². The largest absolute Gasteiger partial charge is 0.379 e. The number of hydrogen-bond acceptors (Lipinski definition) is 4. The molecule has 1 aromatic rings. The van der Waals surface area contributed by atoms with Crippen LogP contribution in [0.4, 0.5) is 4.39 Å². The minimum atomic E-state index is -4.03. The molecule has 1 N–H and O–H groups in total. The summed E-state index contributed by atoms with van der Waals surface area (Å²) in [5.41, 5.74) is -0.194. The molecule has 0 aromatic heterocycles. The van der Waals surface area contributed by atoms with Gasteiger partial charge in [-0.2, -0.15) is 0 Å². The van der Waals surface area contributed by atoms with Crippen LogP contribution in [-0.4, -0.2) is 33.6 Å². The van der Waals surface area contributed by atoms with E-state index in [0.29, 0.717) is 19.6 Å². The van der Waals surface area contributed by atoms with Gasteiger partial charge in [0.15, 0.2) is 0 Å². The molecule has 110 valence electrons. The Morgan fingerprint density at radius 1 is 1.50 bits per heavy atom. The number of nitrogens with one attached hydrogen (secondary N) is 1. The Bertz CT molecular complexity index is 641. The maximum absolute atomic E-state index is 13.8. The molecule has 1 heterocycles. The van der Waals surface area contributed by atoms with E-state index in [2.05, 4.69) is 5.32 Å². The van der Waals surface area contributed by atoms with Gasteiger partial charge in [0.1, 0.15) is 5.82 Å². The molecule has 1 fully saturated rings. The lowest BCUT2D eigenvalue weighted by Gasteiger charge is -2.12. The van der Waals surface area contributed by atoms with Gasteiger partial charge in [0.2, 0.25) is 0 Å². The number of rotatable bonds is 3. The van der Waals surface area contributed by atoms with E-state index in [0.717, 1.165) is 12.1 Å². The lowest BCUT2D eigenvalue weighted by Crippen LogP contribution is -2.35. The third-order valence-electron chi connectivity index (χ3n) is 3.04. The van der Waals surface area contributed by atoms with E-state index in [1.165, 1.54) is 6.92 Å². The zero-order valence-electron chi connectivity index (χ0n) is 10.7. The first-order valence-electron chi connectivity index (χ1n) is 5.92. The highest BCUT2D eigenvalue weighted by Crippen LogP contribution is 2.23. The molecule has 1 aromatic carbocycles. The molecular weight excluding hydrogens is 309 g/mol. The maximum atomic E-state index is 13.8. The van der Waals surface area contributed by atoms with Gasteiger partial charge in [-0.15, -0.1) is 0 Å². The number of halogens is 2. The van der Waals surface area contributed by atoms with Gasteiger partial charge in [0.05, 0.1) is 23.1 Å². The van der Waals surface area contributed by atoms with Crippen molar-refractivity contribution < 1.29 is 22.3 Å². The summed E-state index contributed by atoms with van der Waals surface area (Å²) in [4.78, 5) is 11.7. The van der Waals surface area contributed by atoms with Crippen molar-refractivity contribution in [3.63, 3.8) is 0 Å². The van der Waals surface area contributed by atoms with Crippen LogP contribution in [0.15, 0.2) is 17.0 Å². The lowest BCUT2D eigenvalue weighted by atomic mass is 10.1. The number of carbonyl (C=O) groups excluding carboxylic acids is 1. The topological polar surface area (TPSA) is 72.5 Å². The Hall–Kier alpha value is -1.18. The van der Waals surface area contributed by atoms with Gasteiger partial charge < -0.3 is 10.1 Å².